The summed E-state index contributed by atoms with van der Waals surface area (Å²) < 4.78 is 52.8. The van der Waals surface area contributed by atoms with E-state index >= 15 is 0 Å². The third-order valence-electron chi connectivity index (χ3n) is 4.61. The maximum absolute atomic E-state index is 14.1. The molecule has 3 aromatic rings. The molecule has 0 aliphatic carbocycles. The average molecular weight is 468 g/mol. The van der Waals surface area contributed by atoms with Crippen LogP contribution >= 0.6 is 11.3 Å². The molecule has 0 saturated heterocycles. The summed E-state index contributed by atoms with van der Waals surface area (Å²) in [5, 5.41) is 0.261. The standard InChI is InChI=1S/C21H23F2N3O3S2/c1-25(2)10-11-26(21-24-20-17(23)13-15(22)14-18(20)30-21)19(27)9-6-12-31(28,29)16-7-4-3-5-8-16/h3-5,7-8,13-14H,6,9-12H2,1-2H3. The number of carbonyl (C=O) groups excluding carboxylic acids is 1. The Morgan fingerprint density at radius 1 is 1.10 bits per heavy atom. The van der Waals surface area contributed by atoms with Crippen LogP contribution in [0.3, 0.4) is 0 Å². The van der Waals surface area contributed by atoms with Gasteiger partial charge in [-0.25, -0.2) is 22.2 Å². The van der Waals surface area contributed by atoms with Crippen LogP contribution in [0.5, 0.6) is 0 Å². The second kappa shape index (κ2) is 9.80. The lowest BCUT2D eigenvalue weighted by Gasteiger charge is -2.22. The minimum absolute atomic E-state index is 0.00768. The summed E-state index contributed by atoms with van der Waals surface area (Å²) in [6.07, 6.45) is 0.134. The quantitative estimate of drug-likeness (QED) is 0.480. The zero-order chi connectivity index (χ0) is 22.6. The van der Waals surface area contributed by atoms with Crippen LogP contribution in [0.2, 0.25) is 0 Å². The van der Waals surface area contributed by atoms with E-state index in [1.54, 1.807) is 18.2 Å². The van der Waals surface area contributed by atoms with Crippen molar-refractivity contribution in [3.63, 3.8) is 0 Å². The molecule has 2 aromatic carbocycles. The Morgan fingerprint density at radius 3 is 2.48 bits per heavy atom. The number of anilines is 1. The lowest BCUT2D eigenvalue weighted by Crippen LogP contribution is -2.36. The average Bonchev–Trinajstić information content (AvgIpc) is 3.12. The van der Waals surface area contributed by atoms with E-state index in [-0.39, 0.29) is 40.0 Å². The Balaban J connectivity index is 1.76. The number of likely N-dealkylation sites (N-methyl/N-ethyl adjacent to an activating group) is 1. The van der Waals surface area contributed by atoms with Crippen LogP contribution in [-0.4, -0.2) is 57.1 Å². The summed E-state index contributed by atoms with van der Waals surface area (Å²) in [4.78, 5) is 20.6. The van der Waals surface area contributed by atoms with E-state index in [9.17, 15) is 22.0 Å². The second-order valence-electron chi connectivity index (χ2n) is 7.31. The van der Waals surface area contributed by atoms with Crippen LogP contribution in [0.4, 0.5) is 13.9 Å². The first-order valence-electron chi connectivity index (χ1n) is 9.66. The van der Waals surface area contributed by atoms with E-state index in [1.807, 2.05) is 19.0 Å². The number of benzene rings is 2. The lowest BCUT2D eigenvalue weighted by molar-refractivity contribution is -0.118. The Labute approximate surface area is 184 Å². The van der Waals surface area contributed by atoms with Crippen LogP contribution in [0, 0.1) is 11.6 Å². The van der Waals surface area contributed by atoms with Gasteiger partial charge in [-0.2, -0.15) is 0 Å². The van der Waals surface area contributed by atoms with Gasteiger partial charge in [-0.15, -0.1) is 0 Å². The third kappa shape index (κ3) is 5.84. The lowest BCUT2D eigenvalue weighted by atomic mass is 10.3. The SMILES string of the molecule is CN(C)CCN(C(=O)CCCS(=O)(=O)c1ccccc1)c1nc2c(F)cc(F)cc2s1. The minimum Gasteiger partial charge on any atom is -0.308 e. The van der Waals surface area contributed by atoms with E-state index in [4.69, 9.17) is 0 Å². The fraction of sp³-hybridized carbons (Fsp3) is 0.333. The Bertz CT molecular complexity index is 1170. The van der Waals surface area contributed by atoms with E-state index in [2.05, 4.69) is 4.98 Å². The van der Waals surface area contributed by atoms with Gasteiger partial charge < -0.3 is 4.90 Å². The van der Waals surface area contributed by atoms with Gasteiger partial charge in [-0.05, 0) is 38.7 Å². The predicted octanol–water partition coefficient (Wildman–Crippen LogP) is 3.72. The molecule has 6 nitrogen and oxygen atoms in total. The first-order chi connectivity index (χ1) is 14.7. The largest absolute Gasteiger partial charge is 0.308 e. The molecular weight excluding hydrogens is 444 g/mol. The Morgan fingerprint density at radius 2 is 1.81 bits per heavy atom. The summed E-state index contributed by atoms with van der Waals surface area (Å²) in [6.45, 7) is 0.821. The number of nitrogens with zero attached hydrogens (tertiary/aromatic N) is 3. The number of carbonyl (C=O) groups is 1. The van der Waals surface area contributed by atoms with E-state index < -0.39 is 21.5 Å². The Hall–Kier alpha value is -2.43. The van der Waals surface area contributed by atoms with Gasteiger partial charge in [0.1, 0.15) is 11.3 Å². The van der Waals surface area contributed by atoms with Gasteiger partial charge in [0.25, 0.3) is 0 Å². The summed E-state index contributed by atoms with van der Waals surface area (Å²) in [6, 6.07) is 10.0. The molecule has 0 N–H and O–H groups in total. The molecule has 0 saturated carbocycles. The first-order valence-corrected chi connectivity index (χ1v) is 12.1. The molecule has 0 fully saturated rings. The zero-order valence-corrected chi connectivity index (χ0v) is 18.8. The highest BCUT2D eigenvalue weighted by atomic mass is 32.2. The molecule has 0 spiro atoms. The summed E-state index contributed by atoms with van der Waals surface area (Å²) >= 11 is 1.03. The number of halogens is 2. The molecule has 0 aliphatic heterocycles. The van der Waals surface area contributed by atoms with Crippen molar-refractivity contribution in [3.8, 4) is 0 Å². The molecule has 0 radical (unpaired) electrons. The molecule has 1 heterocycles. The molecule has 166 valence electrons. The minimum atomic E-state index is -3.49. The van der Waals surface area contributed by atoms with E-state index in [0.717, 1.165) is 17.4 Å². The van der Waals surface area contributed by atoms with Gasteiger partial charge in [0.2, 0.25) is 5.91 Å². The van der Waals surface area contributed by atoms with Gasteiger partial charge in [0.15, 0.2) is 20.8 Å². The number of amides is 1. The monoisotopic (exact) mass is 467 g/mol. The molecular formula is C21H23F2N3O3S2. The van der Waals surface area contributed by atoms with Crippen molar-refractivity contribution in [2.45, 2.75) is 17.7 Å². The number of hydrogen-bond donors (Lipinski definition) is 0. The third-order valence-corrected chi connectivity index (χ3v) is 7.45. The summed E-state index contributed by atoms with van der Waals surface area (Å²) in [7, 11) is 0.213. The zero-order valence-electron chi connectivity index (χ0n) is 17.2. The fourth-order valence-electron chi connectivity index (χ4n) is 2.98. The topological polar surface area (TPSA) is 70.6 Å². The smallest absolute Gasteiger partial charge is 0.228 e. The van der Waals surface area contributed by atoms with Gasteiger partial charge in [0, 0.05) is 25.6 Å². The van der Waals surface area contributed by atoms with Crippen LogP contribution < -0.4 is 4.90 Å². The summed E-state index contributed by atoms with van der Waals surface area (Å²) in [5.41, 5.74) is 0.00992. The number of sulfone groups is 1. The van der Waals surface area contributed by atoms with Crippen molar-refractivity contribution in [1.29, 1.82) is 0 Å². The number of rotatable bonds is 9. The molecule has 0 atom stereocenters. The highest BCUT2D eigenvalue weighted by molar-refractivity contribution is 7.91. The number of aromatic nitrogens is 1. The van der Waals surface area contributed by atoms with Crippen molar-refractivity contribution in [3.05, 3.63) is 54.1 Å². The molecule has 3 rings (SSSR count). The molecule has 1 amide bonds. The maximum atomic E-state index is 14.1. The molecule has 0 bridgehead atoms. The highest BCUT2D eigenvalue weighted by Gasteiger charge is 2.22. The number of fused-ring (bicyclic) bond motifs is 1. The van der Waals surface area contributed by atoms with Crippen LogP contribution in [0.1, 0.15) is 12.8 Å². The van der Waals surface area contributed by atoms with Crippen molar-refractivity contribution < 1.29 is 22.0 Å². The van der Waals surface area contributed by atoms with Crippen LogP contribution in [0.25, 0.3) is 10.2 Å². The summed E-state index contributed by atoms with van der Waals surface area (Å²) in [5.74, 6) is -1.97. The van der Waals surface area contributed by atoms with E-state index in [1.165, 1.54) is 23.1 Å². The molecule has 31 heavy (non-hydrogen) atoms. The van der Waals surface area contributed by atoms with Gasteiger partial charge >= 0.3 is 0 Å². The van der Waals surface area contributed by atoms with E-state index in [0.29, 0.717) is 17.8 Å². The van der Waals surface area contributed by atoms with Crippen molar-refractivity contribution in [2.75, 3.05) is 37.8 Å². The Kier molecular flexibility index (Phi) is 7.34. The van der Waals surface area contributed by atoms with Crippen LogP contribution in [0.15, 0.2) is 47.4 Å². The first kappa shape index (κ1) is 23.2. The van der Waals surface area contributed by atoms with Crippen molar-refractivity contribution in [2.24, 2.45) is 0 Å². The van der Waals surface area contributed by atoms with Crippen molar-refractivity contribution >= 4 is 42.4 Å². The maximum Gasteiger partial charge on any atom is 0.228 e. The predicted molar refractivity (Wildman–Crippen MR) is 118 cm³/mol. The number of thiazole rings is 1. The molecule has 10 heteroatoms. The molecule has 0 unspecified atom stereocenters. The molecule has 1 aromatic heterocycles. The van der Waals surface area contributed by atoms with Crippen LogP contribution in [-0.2, 0) is 14.6 Å². The van der Waals surface area contributed by atoms with Gasteiger partial charge in [-0.3, -0.25) is 9.69 Å². The number of hydrogen-bond acceptors (Lipinski definition) is 6. The highest BCUT2D eigenvalue weighted by Crippen LogP contribution is 2.31. The normalized spacial score (nSPS) is 11.9. The van der Waals surface area contributed by atoms with Gasteiger partial charge in [-0.1, -0.05) is 29.5 Å². The second-order valence-corrected chi connectivity index (χ2v) is 10.4. The fourth-order valence-corrected chi connectivity index (χ4v) is 5.36. The van der Waals surface area contributed by atoms with Gasteiger partial charge in [0.05, 0.1) is 15.3 Å². The van der Waals surface area contributed by atoms with Crippen molar-refractivity contribution in [1.82, 2.24) is 9.88 Å². The molecule has 0 aliphatic rings.